The molecule has 0 radical (unpaired) electrons. The number of benzene rings is 1. The zero-order chi connectivity index (χ0) is 18.3. The van der Waals surface area contributed by atoms with E-state index in [0.29, 0.717) is 18.7 Å². The van der Waals surface area contributed by atoms with E-state index in [-0.39, 0.29) is 18.4 Å². The Kier molecular flexibility index (Phi) is 4.35. The predicted octanol–water partition coefficient (Wildman–Crippen LogP) is 1.92. The summed E-state index contributed by atoms with van der Waals surface area (Å²) in [5, 5.41) is 4.59. The van der Waals surface area contributed by atoms with Gasteiger partial charge < -0.3 is 9.80 Å². The molecule has 3 aromatic rings. The second-order valence-corrected chi connectivity index (χ2v) is 7.29. The summed E-state index contributed by atoms with van der Waals surface area (Å²) in [5.41, 5.74) is 3.10. The first-order chi connectivity index (χ1) is 12.5. The molecular weight excluding hydrogens is 445 g/mol. The van der Waals surface area contributed by atoms with Gasteiger partial charge in [0.1, 0.15) is 10.2 Å². The van der Waals surface area contributed by atoms with Gasteiger partial charge in [-0.25, -0.2) is 9.50 Å². The third kappa shape index (κ3) is 3.05. The van der Waals surface area contributed by atoms with E-state index in [0.717, 1.165) is 20.6 Å². The fourth-order valence-corrected chi connectivity index (χ4v) is 3.39. The van der Waals surface area contributed by atoms with Gasteiger partial charge in [-0.2, -0.15) is 5.10 Å². The minimum absolute atomic E-state index is 0.0337. The van der Waals surface area contributed by atoms with Crippen molar-refractivity contribution in [1.82, 2.24) is 24.4 Å². The van der Waals surface area contributed by atoms with Crippen LogP contribution in [-0.4, -0.2) is 62.9 Å². The Morgan fingerprint density at radius 3 is 2.62 bits per heavy atom. The summed E-state index contributed by atoms with van der Waals surface area (Å²) in [7, 11) is 1.75. The molecule has 0 aliphatic carbocycles. The molecule has 26 heavy (non-hydrogen) atoms. The lowest BCUT2D eigenvalue weighted by Crippen LogP contribution is -2.50. The molecule has 0 unspecified atom stereocenters. The first kappa shape index (κ1) is 17.0. The number of carbonyl (C=O) groups excluding carboxylic acids is 2. The van der Waals surface area contributed by atoms with Gasteiger partial charge in [0, 0.05) is 31.3 Å². The molecule has 132 valence electrons. The van der Waals surface area contributed by atoms with Crippen molar-refractivity contribution in [3.05, 3.63) is 51.9 Å². The van der Waals surface area contributed by atoms with E-state index in [4.69, 9.17) is 0 Å². The summed E-state index contributed by atoms with van der Waals surface area (Å²) in [5.74, 6) is -0.153. The second-order valence-electron chi connectivity index (χ2n) is 6.19. The molecule has 1 aromatic carbocycles. The molecule has 2 amide bonds. The molecule has 0 bridgehead atoms. The summed E-state index contributed by atoms with van der Waals surface area (Å²) in [6, 6.07) is 11.1. The smallest absolute Gasteiger partial charge is 0.254 e. The van der Waals surface area contributed by atoms with Gasteiger partial charge in [-0.15, -0.1) is 0 Å². The molecule has 1 saturated heterocycles. The standard InChI is InChI=1S/C18H16IN5O2/c1-22-8-9-23(11-17(22)25)18(26)13-4-2-12(3-5-13)14-6-7-16-20-10-15(19)24(16)21-14/h2-7,10H,8-9,11H2,1H3. The van der Waals surface area contributed by atoms with Crippen molar-refractivity contribution >= 4 is 40.1 Å². The minimum atomic E-state index is -0.120. The van der Waals surface area contributed by atoms with E-state index in [9.17, 15) is 9.59 Å². The van der Waals surface area contributed by atoms with Crippen molar-refractivity contribution in [2.24, 2.45) is 0 Å². The van der Waals surface area contributed by atoms with Gasteiger partial charge in [0.05, 0.1) is 11.9 Å². The molecule has 1 aliphatic heterocycles. The summed E-state index contributed by atoms with van der Waals surface area (Å²) in [6.07, 6.45) is 1.77. The minimum Gasteiger partial charge on any atom is -0.342 e. The van der Waals surface area contributed by atoms with Crippen molar-refractivity contribution in [3.63, 3.8) is 0 Å². The lowest BCUT2D eigenvalue weighted by Gasteiger charge is -2.32. The van der Waals surface area contributed by atoms with Crippen molar-refractivity contribution < 1.29 is 9.59 Å². The lowest BCUT2D eigenvalue weighted by molar-refractivity contribution is -0.133. The van der Waals surface area contributed by atoms with Gasteiger partial charge in [-0.1, -0.05) is 12.1 Å². The summed E-state index contributed by atoms with van der Waals surface area (Å²) < 4.78 is 2.72. The topological polar surface area (TPSA) is 70.8 Å². The maximum absolute atomic E-state index is 12.6. The number of likely N-dealkylation sites (N-methyl/N-ethyl adjacent to an activating group) is 1. The molecule has 1 aliphatic rings. The number of hydrogen-bond acceptors (Lipinski definition) is 4. The number of aromatic nitrogens is 3. The van der Waals surface area contributed by atoms with Gasteiger partial charge in [-0.05, 0) is 46.9 Å². The van der Waals surface area contributed by atoms with Crippen LogP contribution in [0, 0.1) is 3.70 Å². The summed E-state index contributed by atoms with van der Waals surface area (Å²) in [6.45, 7) is 1.25. The highest BCUT2D eigenvalue weighted by Gasteiger charge is 2.25. The van der Waals surface area contributed by atoms with Crippen LogP contribution < -0.4 is 0 Å². The Bertz CT molecular complexity index is 998. The van der Waals surface area contributed by atoms with E-state index in [1.807, 2.05) is 24.3 Å². The van der Waals surface area contributed by atoms with E-state index in [1.54, 1.807) is 39.7 Å². The van der Waals surface area contributed by atoms with E-state index in [2.05, 4.69) is 32.7 Å². The van der Waals surface area contributed by atoms with Crippen molar-refractivity contribution in [2.75, 3.05) is 26.7 Å². The molecule has 0 N–H and O–H groups in total. The molecule has 3 heterocycles. The number of rotatable bonds is 2. The van der Waals surface area contributed by atoms with Crippen LogP contribution in [0.3, 0.4) is 0 Å². The average molecular weight is 461 g/mol. The van der Waals surface area contributed by atoms with Gasteiger partial charge in [0.2, 0.25) is 5.91 Å². The molecule has 0 saturated carbocycles. The van der Waals surface area contributed by atoms with Crippen LogP contribution in [0.2, 0.25) is 0 Å². The Labute approximate surface area is 163 Å². The molecule has 1 fully saturated rings. The third-order valence-electron chi connectivity index (χ3n) is 4.49. The van der Waals surface area contributed by atoms with Crippen molar-refractivity contribution in [3.8, 4) is 11.3 Å². The van der Waals surface area contributed by atoms with Crippen LogP contribution in [0.1, 0.15) is 10.4 Å². The molecule has 0 atom stereocenters. The second kappa shape index (κ2) is 6.67. The maximum Gasteiger partial charge on any atom is 0.254 e. The number of halogens is 1. The average Bonchev–Trinajstić information content (AvgIpc) is 3.04. The molecule has 0 spiro atoms. The fourth-order valence-electron chi connectivity index (χ4n) is 2.90. The number of carbonyl (C=O) groups is 2. The Hall–Kier alpha value is -2.49. The Morgan fingerprint density at radius 2 is 1.88 bits per heavy atom. The highest BCUT2D eigenvalue weighted by Crippen LogP contribution is 2.20. The van der Waals surface area contributed by atoms with Crippen LogP contribution in [0.25, 0.3) is 16.9 Å². The van der Waals surface area contributed by atoms with E-state index in [1.165, 1.54) is 0 Å². The van der Waals surface area contributed by atoms with Crippen LogP contribution in [0.5, 0.6) is 0 Å². The Morgan fingerprint density at radius 1 is 1.12 bits per heavy atom. The van der Waals surface area contributed by atoms with Gasteiger partial charge in [0.25, 0.3) is 5.91 Å². The summed E-state index contributed by atoms with van der Waals surface area (Å²) in [4.78, 5) is 31.9. The van der Waals surface area contributed by atoms with Gasteiger partial charge in [0.15, 0.2) is 5.65 Å². The number of piperazine rings is 1. The molecular formula is C18H16IN5O2. The molecule has 2 aromatic heterocycles. The van der Waals surface area contributed by atoms with Crippen LogP contribution in [-0.2, 0) is 4.79 Å². The Balaban J connectivity index is 1.57. The molecule has 4 rings (SSSR count). The lowest BCUT2D eigenvalue weighted by atomic mass is 10.1. The first-order valence-electron chi connectivity index (χ1n) is 8.17. The SMILES string of the molecule is CN1CCN(C(=O)c2ccc(-c3ccc4ncc(I)n4n3)cc2)CC1=O. The predicted molar refractivity (Wildman–Crippen MR) is 105 cm³/mol. The molecule has 7 nitrogen and oxygen atoms in total. The summed E-state index contributed by atoms with van der Waals surface area (Å²) >= 11 is 2.19. The van der Waals surface area contributed by atoms with Crippen LogP contribution >= 0.6 is 22.6 Å². The number of amides is 2. The number of fused-ring (bicyclic) bond motifs is 1. The van der Waals surface area contributed by atoms with Crippen molar-refractivity contribution in [1.29, 1.82) is 0 Å². The van der Waals surface area contributed by atoms with Gasteiger partial charge in [-0.3, -0.25) is 9.59 Å². The monoisotopic (exact) mass is 461 g/mol. The number of hydrogen-bond donors (Lipinski definition) is 0. The van der Waals surface area contributed by atoms with E-state index < -0.39 is 0 Å². The largest absolute Gasteiger partial charge is 0.342 e. The highest BCUT2D eigenvalue weighted by molar-refractivity contribution is 14.1. The zero-order valence-electron chi connectivity index (χ0n) is 14.1. The molecule has 8 heteroatoms. The number of nitrogens with zero attached hydrogens (tertiary/aromatic N) is 5. The van der Waals surface area contributed by atoms with E-state index >= 15 is 0 Å². The third-order valence-corrected chi connectivity index (χ3v) is 5.23. The van der Waals surface area contributed by atoms with Crippen molar-refractivity contribution in [2.45, 2.75) is 0 Å². The van der Waals surface area contributed by atoms with Crippen LogP contribution in [0.4, 0.5) is 0 Å². The fraction of sp³-hybridized carbons (Fsp3) is 0.222. The quantitative estimate of drug-likeness (QED) is 0.547. The van der Waals surface area contributed by atoms with Gasteiger partial charge >= 0.3 is 0 Å². The highest BCUT2D eigenvalue weighted by atomic mass is 127. The normalized spacial score (nSPS) is 14.9. The zero-order valence-corrected chi connectivity index (χ0v) is 16.3. The number of imidazole rings is 1. The van der Waals surface area contributed by atoms with Crippen LogP contribution in [0.15, 0.2) is 42.6 Å². The maximum atomic E-state index is 12.6. The first-order valence-corrected chi connectivity index (χ1v) is 9.25.